The van der Waals surface area contributed by atoms with Gasteiger partial charge < -0.3 is 20.4 Å². The summed E-state index contributed by atoms with van der Waals surface area (Å²) in [5, 5.41) is 44.0. The molecule has 5 nitrogen and oxygen atoms in total. The van der Waals surface area contributed by atoms with Crippen LogP contribution in [0.25, 0.3) is 0 Å². The van der Waals surface area contributed by atoms with Crippen molar-refractivity contribution in [2.45, 2.75) is 103 Å². The van der Waals surface area contributed by atoms with Gasteiger partial charge in [-0.25, -0.2) is 0 Å². The second kappa shape index (κ2) is 8.29. The first-order valence-corrected chi connectivity index (χ1v) is 13.0. The summed E-state index contributed by atoms with van der Waals surface area (Å²) in [4.78, 5) is 13.3. The van der Waals surface area contributed by atoms with Crippen molar-refractivity contribution in [2.75, 3.05) is 0 Å². The van der Waals surface area contributed by atoms with Crippen LogP contribution in [-0.4, -0.2) is 50.1 Å². The van der Waals surface area contributed by atoms with Gasteiger partial charge in [-0.05, 0) is 85.7 Å². The number of carbonyl (C=O) groups excluding carboxylic acids is 1. The van der Waals surface area contributed by atoms with Crippen LogP contribution in [0.15, 0.2) is 23.8 Å². The first kappa shape index (κ1) is 25.1. The predicted octanol–water partition coefficient (Wildman–Crippen LogP) is 3.79. The van der Waals surface area contributed by atoms with E-state index in [1.807, 2.05) is 0 Å². The van der Waals surface area contributed by atoms with Gasteiger partial charge in [-0.2, -0.15) is 0 Å². The fourth-order valence-electron chi connectivity index (χ4n) is 8.21. The molecule has 0 aliphatic heterocycles. The van der Waals surface area contributed by atoms with E-state index in [0.717, 1.165) is 30.4 Å². The minimum absolute atomic E-state index is 0.0165. The van der Waals surface area contributed by atoms with Crippen LogP contribution in [0, 0.1) is 40.4 Å². The lowest BCUT2D eigenvalue weighted by molar-refractivity contribution is -0.154. The van der Waals surface area contributed by atoms with Crippen molar-refractivity contribution in [3.63, 3.8) is 0 Å². The third-order valence-electron chi connectivity index (χ3n) is 10.7. The van der Waals surface area contributed by atoms with Crippen LogP contribution < -0.4 is 0 Å². The van der Waals surface area contributed by atoms with Crippen LogP contribution >= 0.6 is 0 Å². The molecule has 3 saturated carbocycles. The number of aliphatic hydroxyl groups is 4. The quantitative estimate of drug-likeness (QED) is 0.468. The molecule has 0 amide bonds. The smallest absolute Gasteiger partial charge is 0.159 e. The highest BCUT2D eigenvalue weighted by Gasteiger charge is 2.67. The van der Waals surface area contributed by atoms with Gasteiger partial charge in [0.2, 0.25) is 0 Å². The van der Waals surface area contributed by atoms with Crippen molar-refractivity contribution >= 4 is 5.78 Å². The van der Waals surface area contributed by atoms with Crippen LogP contribution in [0.4, 0.5) is 0 Å². The molecule has 0 aromatic heterocycles. The molecule has 33 heavy (non-hydrogen) atoms. The van der Waals surface area contributed by atoms with Crippen LogP contribution in [0.1, 0.15) is 79.6 Å². The van der Waals surface area contributed by atoms with E-state index in [4.69, 9.17) is 0 Å². The molecule has 5 heteroatoms. The zero-order valence-corrected chi connectivity index (χ0v) is 21.1. The summed E-state index contributed by atoms with van der Waals surface area (Å²) in [6.45, 7) is 14.7. The summed E-state index contributed by atoms with van der Waals surface area (Å²) in [7, 11) is 0. The summed E-state index contributed by atoms with van der Waals surface area (Å²) >= 11 is 0. The maximum absolute atomic E-state index is 13.3. The average molecular weight is 461 g/mol. The van der Waals surface area contributed by atoms with Gasteiger partial charge in [0.1, 0.15) is 0 Å². The van der Waals surface area contributed by atoms with Crippen molar-refractivity contribution in [3.8, 4) is 0 Å². The molecule has 0 bridgehead atoms. The number of fused-ring (bicyclic) bond motifs is 5. The Kier molecular flexibility index (Phi) is 6.30. The Morgan fingerprint density at radius 3 is 2.42 bits per heavy atom. The Morgan fingerprint density at radius 2 is 1.79 bits per heavy atom. The number of carbonyl (C=O) groups is 1. The fourth-order valence-corrected chi connectivity index (χ4v) is 8.21. The van der Waals surface area contributed by atoms with Gasteiger partial charge in [-0.15, -0.1) is 0 Å². The average Bonchev–Trinajstić information content (AvgIpc) is 3.01. The van der Waals surface area contributed by atoms with E-state index in [0.29, 0.717) is 25.2 Å². The number of rotatable bonds is 5. The summed E-state index contributed by atoms with van der Waals surface area (Å²) in [6.07, 6.45) is 3.85. The van der Waals surface area contributed by atoms with Crippen LogP contribution in [-0.2, 0) is 4.79 Å². The van der Waals surface area contributed by atoms with Gasteiger partial charge in [-0.1, -0.05) is 46.8 Å². The number of hydrogen-bond donors (Lipinski definition) is 4. The molecule has 4 aliphatic carbocycles. The van der Waals surface area contributed by atoms with E-state index < -0.39 is 34.7 Å². The SMILES string of the molecule is C=C(C[C@@H](O)[C@@H](C)[C@H]1CC[C@@]2(O)C3=CC(=O)[C@@H]4C[C@@H](O)[C@@H](O)C[C@]4(C)[C@H]3CC[C@]12C)C(C)C. The zero-order valence-electron chi connectivity index (χ0n) is 21.1. The lowest BCUT2D eigenvalue weighted by Crippen LogP contribution is -2.61. The molecule has 0 unspecified atom stereocenters. The van der Waals surface area contributed by atoms with Crippen LogP contribution in [0.5, 0.6) is 0 Å². The standard InChI is InChI=1S/C28H44O5/c1-15(2)16(3)11-22(29)17(4)18-8-10-28(33)20-12-23(30)21-13-24(31)25(32)14-26(21,5)19(20)7-9-27(18,28)6/h12,15,17-19,21-22,24-25,29,31-33H,3,7-11,13-14H2,1-2,4-6H3/t17-,18+,19-,21-,22+,24+,25-,26+,27+,28+/m0/s1. The summed E-state index contributed by atoms with van der Waals surface area (Å²) in [6, 6.07) is 0. The molecule has 0 saturated heterocycles. The maximum atomic E-state index is 13.3. The molecule has 4 N–H and O–H groups in total. The van der Waals surface area contributed by atoms with Gasteiger partial charge in [-0.3, -0.25) is 4.79 Å². The minimum Gasteiger partial charge on any atom is -0.393 e. The Labute approximate surface area is 199 Å². The third-order valence-corrected chi connectivity index (χ3v) is 10.7. The predicted molar refractivity (Wildman–Crippen MR) is 128 cm³/mol. The highest BCUT2D eigenvalue weighted by atomic mass is 16.3. The van der Waals surface area contributed by atoms with Crippen LogP contribution in [0.3, 0.4) is 0 Å². The van der Waals surface area contributed by atoms with Crippen LogP contribution in [0.2, 0.25) is 0 Å². The monoisotopic (exact) mass is 460 g/mol. The van der Waals surface area contributed by atoms with E-state index in [-0.39, 0.29) is 35.9 Å². The van der Waals surface area contributed by atoms with Crippen molar-refractivity contribution in [1.29, 1.82) is 0 Å². The van der Waals surface area contributed by atoms with E-state index in [2.05, 4.69) is 41.2 Å². The Balaban J connectivity index is 1.64. The molecule has 0 aromatic rings. The maximum Gasteiger partial charge on any atom is 0.159 e. The van der Waals surface area contributed by atoms with Crippen molar-refractivity contribution < 1.29 is 25.2 Å². The highest BCUT2D eigenvalue weighted by Crippen LogP contribution is 2.68. The summed E-state index contributed by atoms with van der Waals surface area (Å²) in [5.74, 6) is 0.203. The molecule has 10 atom stereocenters. The normalized spacial score (nSPS) is 46.8. The molecule has 0 spiro atoms. The Bertz CT molecular complexity index is 847. The largest absolute Gasteiger partial charge is 0.393 e. The van der Waals surface area contributed by atoms with E-state index in [1.165, 1.54) is 0 Å². The molecule has 4 rings (SSSR count). The van der Waals surface area contributed by atoms with Crippen molar-refractivity contribution in [3.05, 3.63) is 23.8 Å². The second-order valence-corrected chi connectivity index (χ2v) is 12.6. The van der Waals surface area contributed by atoms with Gasteiger partial charge in [0.15, 0.2) is 5.78 Å². The fraction of sp³-hybridized carbons (Fsp3) is 0.821. The molecular weight excluding hydrogens is 416 g/mol. The van der Waals surface area contributed by atoms with Gasteiger partial charge in [0.05, 0.1) is 23.9 Å². The summed E-state index contributed by atoms with van der Waals surface area (Å²) < 4.78 is 0. The highest BCUT2D eigenvalue weighted by molar-refractivity contribution is 5.95. The molecule has 186 valence electrons. The number of aliphatic hydroxyl groups excluding tert-OH is 3. The molecule has 0 aromatic carbocycles. The second-order valence-electron chi connectivity index (χ2n) is 12.6. The van der Waals surface area contributed by atoms with Crippen molar-refractivity contribution in [1.82, 2.24) is 0 Å². The Morgan fingerprint density at radius 1 is 1.12 bits per heavy atom. The first-order chi connectivity index (χ1) is 15.3. The van der Waals surface area contributed by atoms with E-state index >= 15 is 0 Å². The molecule has 4 aliphatic rings. The zero-order chi connectivity index (χ0) is 24.5. The lowest BCUT2D eigenvalue weighted by atomic mass is 9.46. The molecule has 0 heterocycles. The van der Waals surface area contributed by atoms with E-state index in [9.17, 15) is 25.2 Å². The molecule has 3 fully saturated rings. The number of hydrogen-bond acceptors (Lipinski definition) is 5. The third kappa shape index (κ3) is 3.61. The first-order valence-electron chi connectivity index (χ1n) is 13.0. The van der Waals surface area contributed by atoms with Gasteiger partial charge in [0, 0.05) is 11.3 Å². The van der Waals surface area contributed by atoms with Gasteiger partial charge >= 0.3 is 0 Å². The van der Waals surface area contributed by atoms with Gasteiger partial charge in [0.25, 0.3) is 0 Å². The number of ketones is 1. The summed E-state index contributed by atoms with van der Waals surface area (Å²) in [5.41, 5.74) is -0.0393. The van der Waals surface area contributed by atoms with E-state index in [1.54, 1.807) is 6.08 Å². The molecular formula is C28H44O5. The minimum atomic E-state index is -1.08. The number of allylic oxidation sites excluding steroid dienone is 1. The topological polar surface area (TPSA) is 98.0 Å². The lowest BCUT2D eigenvalue weighted by Gasteiger charge is -2.60. The van der Waals surface area contributed by atoms with Crippen molar-refractivity contribution in [2.24, 2.45) is 40.4 Å². The Hall–Kier alpha value is -1.01. The molecule has 0 radical (unpaired) electrons.